The van der Waals surface area contributed by atoms with E-state index in [1.165, 1.54) is 25.3 Å². The van der Waals surface area contributed by atoms with E-state index in [2.05, 4.69) is 10.1 Å². The van der Waals surface area contributed by atoms with Gasteiger partial charge in [0.15, 0.2) is 0 Å². The molecule has 0 bridgehead atoms. The molecule has 0 saturated carbocycles. The van der Waals surface area contributed by atoms with Crippen molar-refractivity contribution in [3.05, 3.63) is 65.5 Å². The van der Waals surface area contributed by atoms with E-state index < -0.39 is 23.7 Å². The minimum atomic E-state index is -0.643. The average Bonchev–Trinajstić information content (AvgIpc) is 2.61. The first-order chi connectivity index (χ1) is 11.5. The highest BCUT2D eigenvalue weighted by atomic mass is 19.1. The lowest BCUT2D eigenvalue weighted by molar-refractivity contribution is -0.141. The van der Waals surface area contributed by atoms with Gasteiger partial charge in [0.05, 0.1) is 32.2 Å². The van der Waals surface area contributed by atoms with Crippen molar-refractivity contribution in [2.75, 3.05) is 14.2 Å². The molecular formula is C18H18FNO4. The Morgan fingerprint density at radius 3 is 2.33 bits per heavy atom. The monoisotopic (exact) mass is 331 g/mol. The summed E-state index contributed by atoms with van der Waals surface area (Å²) in [5.41, 5.74) is 0.603. The van der Waals surface area contributed by atoms with E-state index in [0.29, 0.717) is 11.3 Å². The quantitative estimate of drug-likeness (QED) is 0.827. The summed E-state index contributed by atoms with van der Waals surface area (Å²) in [6, 6.07) is 11.9. The zero-order valence-corrected chi connectivity index (χ0v) is 13.4. The summed E-state index contributed by atoms with van der Waals surface area (Å²) in [5, 5.41) is 2.67. The SMILES string of the molecule is COC(=O)CC(NC(=O)c1ccccc1F)c1ccc(OC)cc1. The number of halogens is 1. The number of rotatable bonds is 6. The third kappa shape index (κ3) is 4.32. The number of nitrogens with one attached hydrogen (secondary N) is 1. The first-order valence-electron chi connectivity index (χ1n) is 7.31. The van der Waals surface area contributed by atoms with E-state index in [1.54, 1.807) is 37.4 Å². The highest BCUT2D eigenvalue weighted by molar-refractivity contribution is 5.95. The molecule has 2 aromatic carbocycles. The Morgan fingerprint density at radius 2 is 1.75 bits per heavy atom. The fourth-order valence-corrected chi connectivity index (χ4v) is 2.22. The van der Waals surface area contributed by atoms with Crippen molar-refractivity contribution in [1.29, 1.82) is 0 Å². The number of hydrogen-bond donors (Lipinski definition) is 1. The number of hydrogen-bond acceptors (Lipinski definition) is 4. The van der Waals surface area contributed by atoms with Crippen molar-refractivity contribution in [2.45, 2.75) is 12.5 Å². The van der Waals surface area contributed by atoms with Crippen LogP contribution in [0, 0.1) is 5.82 Å². The Balaban J connectivity index is 2.23. The molecule has 0 aromatic heterocycles. The maximum absolute atomic E-state index is 13.8. The van der Waals surface area contributed by atoms with E-state index >= 15 is 0 Å². The fraction of sp³-hybridized carbons (Fsp3) is 0.222. The van der Waals surface area contributed by atoms with Crippen LogP contribution in [0.5, 0.6) is 5.75 Å². The molecule has 1 atom stereocenters. The summed E-state index contributed by atoms with van der Waals surface area (Å²) in [4.78, 5) is 23.9. The third-order valence-corrected chi connectivity index (χ3v) is 3.54. The second-order valence-electron chi connectivity index (χ2n) is 5.06. The molecule has 0 heterocycles. The predicted molar refractivity (Wildman–Crippen MR) is 86.2 cm³/mol. The molecule has 5 nitrogen and oxygen atoms in total. The molecule has 1 N–H and O–H groups in total. The molecule has 6 heteroatoms. The van der Waals surface area contributed by atoms with E-state index in [0.717, 1.165) is 0 Å². The number of carbonyl (C=O) groups is 2. The Labute approximate surface area is 139 Å². The lowest BCUT2D eigenvalue weighted by Crippen LogP contribution is -2.31. The predicted octanol–water partition coefficient (Wildman–Crippen LogP) is 2.87. The molecule has 1 amide bonds. The zero-order valence-electron chi connectivity index (χ0n) is 13.4. The van der Waals surface area contributed by atoms with Crippen LogP contribution in [-0.4, -0.2) is 26.1 Å². The van der Waals surface area contributed by atoms with E-state index in [9.17, 15) is 14.0 Å². The van der Waals surface area contributed by atoms with Crippen molar-refractivity contribution in [2.24, 2.45) is 0 Å². The summed E-state index contributed by atoms with van der Waals surface area (Å²) in [6.45, 7) is 0. The smallest absolute Gasteiger partial charge is 0.307 e. The van der Waals surface area contributed by atoms with Gasteiger partial charge in [0.2, 0.25) is 0 Å². The highest BCUT2D eigenvalue weighted by Gasteiger charge is 2.21. The standard InChI is InChI=1S/C18H18FNO4/c1-23-13-9-7-12(8-10-13)16(11-17(21)24-2)20-18(22)14-5-3-4-6-15(14)19/h3-10,16H,11H2,1-2H3,(H,20,22). The van der Waals surface area contributed by atoms with Crippen molar-refractivity contribution < 1.29 is 23.5 Å². The highest BCUT2D eigenvalue weighted by Crippen LogP contribution is 2.21. The first-order valence-corrected chi connectivity index (χ1v) is 7.31. The van der Waals surface area contributed by atoms with Gasteiger partial charge in [0.25, 0.3) is 5.91 Å². The van der Waals surface area contributed by atoms with Gasteiger partial charge in [0.1, 0.15) is 11.6 Å². The number of carbonyl (C=O) groups excluding carboxylic acids is 2. The molecule has 126 valence electrons. The van der Waals surface area contributed by atoms with E-state index in [-0.39, 0.29) is 12.0 Å². The zero-order chi connectivity index (χ0) is 17.5. The normalized spacial score (nSPS) is 11.5. The lowest BCUT2D eigenvalue weighted by Gasteiger charge is -2.19. The summed E-state index contributed by atoms with van der Waals surface area (Å²) in [5.74, 6) is -1.06. The Kier molecular flexibility index (Phi) is 5.89. The molecule has 0 radical (unpaired) electrons. The molecule has 24 heavy (non-hydrogen) atoms. The van der Waals surface area contributed by atoms with Crippen molar-refractivity contribution in [3.63, 3.8) is 0 Å². The molecular weight excluding hydrogens is 313 g/mol. The second-order valence-corrected chi connectivity index (χ2v) is 5.06. The van der Waals surface area contributed by atoms with Crippen LogP contribution in [0.4, 0.5) is 4.39 Å². The topological polar surface area (TPSA) is 64.6 Å². The van der Waals surface area contributed by atoms with Crippen LogP contribution in [0.2, 0.25) is 0 Å². The number of ether oxygens (including phenoxy) is 2. The summed E-state index contributed by atoms with van der Waals surface area (Å²) in [6.07, 6.45) is -0.0664. The van der Waals surface area contributed by atoms with Gasteiger partial charge < -0.3 is 14.8 Å². The van der Waals surface area contributed by atoms with Crippen molar-refractivity contribution in [1.82, 2.24) is 5.32 Å². The van der Waals surface area contributed by atoms with Crippen LogP contribution in [0.25, 0.3) is 0 Å². The van der Waals surface area contributed by atoms with Crippen LogP contribution in [0.15, 0.2) is 48.5 Å². The molecule has 2 rings (SSSR count). The van der Waals surface area contributed by atoms with Gasteiger partial charge in [-0.25, -0.2) is 4.39 Å². The Morgan fingerprint density at radius 1 is 1.08 bits per heavy atom. The molecule has 2 aromatic rings. The van der Waals surface area contributed by atoms with Crippen molar-refractivity contribution in [3.8, 4) is 5.75 Å². The number of benzene rings is 2. The van der Waals surface area contributed by atoms with Crippen LogP contribution in [0.3, 0.4) is 0 Å². The van der Waals surface area contributed by atoms with Gasteiger partial charge in [-0.2, -0.15) is 0 Å². The Hall–Kier alpha value is -2.89. The molecule has 1 unspecified atom stereocenters. The first kappa shape index (κ1) is 17.5. The molecule has 0 aliphatic carbocycles. The van der Waals surface area contributed by atoms with Gasteiger partial charge in [-0.1, -0.05) is 24.3 Å². The fourth-order valence-electron chi connectivity index (χ4n) is 2.22. The molecule has 0 spiro atoms. The number of methoxy groups -OCH3 is 2. The minimum Gasteiger partial charge on any atom is -0.497 e. The second kappa shape index (κ2) is 8.10. The molecule has 0 aliphatic heterocycles. The van der Waals surface area contributed by atoms with E-state index in [4.69, 9.17) is 4.74 Å². The van der Waals surface area contributed by atoms with Crippen LogP contribution >= 0.6 is 0 Å². The number of esters is 1. The third-order valence-electron chi connectivity index (χ3n) is 3.54. The lowest BCUT2D eigenvalue weighted by atomic mass is 10.0. The van der Waals surface area contributed by atoms with Gasteiger partial charge >= 0.3 is 5.97 Å². The average molecular weight is 331 g/mol. The van der Waals surface area contributed by atoms with E-state index in [1.807, 2.05) is 0 Å². The molecule has 0 fully saturated rings. The summed E-state index contributed by atoms with van der Waals surface area (Å²) in [7, 11) is 2.81. The van der Waals surface area contributed by atoms with Gasteiger partial charge in [-0.15, -0.1) is 0 Å². The van der Waals surface area contributed by atoms with Gasteiger partial charge in [-0.05, 0) is 29.8 Å². The summed E-state index contributed by atoms with van der Waals surface area (Å²) < 4.78 is 23.5. The van der Waals surface area contributed by atoms with Crippen LogP contribution in [-0.2, 0) is 9.53 Å². The minimum absolute atomic E-state index is 0.0664. The van der Waals surface area contributed by atoms with Crippen LogP contribution in [0.1, 0.15) is 28.4 Å². The molecule has 0 saturated heterocycles. The molecule has 0 aliphatic rings. The van der Waals surface area contributed by atoms with Gasteiger partial charge in [0, 0.05) is 0 Å². The Bertz CT molecular complexity index is 715. The van der Waals surface area contributed by atoms with Crippen LogP contribution < -0.4 is 10.1 Å². The summed E-state index contributed by atoms with van der Waals surface area (Å²) >= 11 is 0. The number of amides is 1. The van der Waals surface area contributed by atoms with Gasteiger partial charge in [-0.3, -0.25) is 9.59 Å². The van der Waals surface area contributed by atoms with Crippen molar-refractivity contribution >= 4 is 11.9 Å². The maximum Gasteiger partial charge on any atom is 0.307 e. The maximum atomic E-state index is 13.8. The largest absolute Gasteiger partial charge is 0.497 e.